The number of carbonyl (C=O) groups excluding carboxylic acids is 2. The Morgan fingerprint density at radius 3 is 2.52 bits per heavy atom. The van der Waals surface area contributed by atoms with Gasteiger partial charge in [-0.05, 0) is 30.2 Å². The SMILES string of the molecule is COc1cc(C(=O)OCC(=O)NCc2ccccc2)ccc1C. The van der Waals surface area contributed by atoms with E-state index in [1.807, 2.05) is 37.3 Å². The first-order valence-corrected chi connectivity index (χ1v) is 7.22. The normalized spacial score (nSPS) is 10.0. The molecular weight excluding hydrogens is 294 g/mol. The molecule has 0 saturated carbocycles. The van der Waals surface area contributed by atoms with E-state index >= 15 is 0 Å². The fourth-order valence-corrected chi connectivity index (χ4v) is 2.01. The van der Waals surface area contributed by atoms with Crippen molar-refractivity contribution < 1.29 is 19.1 Å². The minimum Gasteiger partial charge on any atom is -0.496 e. The van der Waals surface area contributed by atoms with Crippen LogP contribution < -0.4 is 10.1 Å². The lowest BCUT2D eigenvalue weighted by atomic mass is 10.1. The molecule has 2 aromatic rings. The molecule has 0 aliphatic carbocycles. The molecule has 2 aromatic carbocycles. The predicted molar refractivity (Wildman–Crippen MR) is 86.3 cm³/mol. The van der Waals surface area contributed by atoms with E-state index in [0.29, 0.717) is 17.9 Å². The van der Waals surface area contributed by atoms with Gasteiger partial charge >= 0.3 is 5.97 Å². The standard InChI is InChI=1S/C18H19NO4/c1-13-8-9-15(10-16(13)22-2)18(21)23-12-17(20)19-11-14-6-4-3-5-7-14/h3-10H,11-12H2,1-2H3,(H,19,20). The van der Waals surface area contributed by atoms with Crippen molar-refractivity contribution in [2.24, 2.45) is 0 Å². The topological polar surface area (TPSA) is 64.6 Å². The number of amides is 1. The maximum absolute atomic E-state index is 11.9. The molecule has 0 bridgehead atoms. The van der Waals surface area contributed by atoms with Crippen molar-refractivity contribution in [3.63, 3.8) is 0 Å². The van der Waals surface area contributed by atoms with Gasteiger partial charge in [-0.2, -0.15) is 0 Å². The zero-order valence-corrected chi connectivity index (χ0v) is 13.2. The summed E-state index contributed by atoms with van der Waals surface area (Å²) < 4.78 is 10.2. The molecular formula is C18H19NO4. The maximum Gasteiger partial charge on any atom is 0.338 e. The third-order valence-electron chi connectivity index (χ3n) is 3.31. The van der Waals surface area contributed by atoms with Crippen LogP contribution in [0.1, 0.15) is 21.5 Å². The first-order valence-electron chi connectivity index (χ1n) is 7.22. The fourth-order valence-electron chi connectivity index (χ4n) is 2.01. The molecule has 0 fully saturated rings. The van der Waals surface area contributed by atoms with Gasteiger partial charge in [0.1, 0.15) is 5.75 Å². The summed E-state index contributed by atoms with van der Waals surface area (Å²) in [5, 5.41) is 2.70. The molecule has 0 saturated heterocycles. The fraction of sp³-hybridized carbons (Fsp3) is 0.222. The lowest BCUT2D eigenvalue weighted by Crippen LogP contribution is -2.28. The van der Waals surface area contributed by atoms with Gasteiger partial charge in [0.05, 0.1) is 12.7 Å². The number of aryl methyl sites for hydroxylation is 1. The van der Waals surface area contributed by atoms with E-state index in [0.717, 1.165) is 11.1 Å². The van der Waals surface area contributed by atoms with Crippen LogP contribution in [0.25, 0.3) is 0 Å². The van der Waals surface area contributed by atoms with Crippen LogP contribution >= 0.6 is 0 Å². The van der Waals surface area contributed by atoms with Crippen molar-refractivity contribution >= 4 is 11.9 Å². The maximum atomic E-state index is 11.9. The summed E-state index contributed by atoms with van der Waals surface area (Å²) in [6, 6.07) is 14.5. The summed E-state index contributed by atoms with van der Waals surface area (Å²) in [6.07, 6.45) is 0. The predicted octanol–water partition coefficient (Wildman–Crippen LogP) is 2.48. The first-order chi connectivity index (χ1) is 11.1. The second-order valence-corrected chi connectivity index (χ2v) is 5.02. The molecule has 0 aliphatic rings. The molecule has 0 aliphatic heterocycles. The molecule has 2 rings (SSSR count). The first kappa shape index (κ1) is 16.5. The van der Waals surface area contributed by atoms with Crippen LogP contribution in [0.5, 0.6) is 5.75 Å². The largest absolute Gasteiger partial charge is 0.496 e. The van der Waals surface area contributed by atoms with Crippen LogP contribution in [0.2, 0.25) is 0 Å². The smallest absolute Gasteiger partial charge is 0.338 e. The molecule has 0 unspecified atom stereocenters. The van der Waals surface area contributed by atoms with Crippen molar-refractivity contribution in [3.8, 4) is 5.75 Å². The summed E-state index contributed by atoms with van der Waals surface area (Å²) in [4.78, 5) is 23.7. The average Bonchev–Trinajstić information content (AvgIpc) is 2.59. The summed E-state index contributed by atoms with van der Waals surface area (Å²) in [5.41, 5.74) is 2.25. The zero-order chi connectivity index (χ0) is 16.7. The van der Waals surface area contributed by atoms with Gasteiger partial charge in [0, 0.05) is 6.54 Å². The highest BCUT2D eigenvalue weighted by atomic mass is 16.5. The molecule has 23 heavy (non-hydrogen) atoms. The van der Waals surface area contributed by atoms with Gasteiger partial charge in [-0.1, -0.05) is 36.4 Å². The summed E-state index contributed by atoms with van der Waals surface area (Å²) in [5.74, 6) is -0.299. The van der Waals surface area contributed by atoms with E-state index in [1.165, 1.54) is 7.11 Å². The number of rotatable bonds is 6. The highest BCUT2D eigenvalue weighted by Crippen LogP contribution is 2.19. The molecule has 1 N–H and O–H groups in total. The number of nitrogens with one attached hydrogen (secondary N) is 1. The highest BCUT2D eigenvalue weighted by Gasteiger charge is 2.12. The van der Waals surface area contributed by atoms with Crippen molar-refractivity contribution in [2.45, 2.75) is 13.5 Å². The van der Waals surface area contributed by atoms with E-state index in [1.54, 1.807) is 18.2 Å². The number of benzene rings is 2. The molecule has 120 valence electrons. The Morgan fingerprint density at radius 1 is 1.09 bits per heavy atom. The molecule has 0 atom stereocenters. The van der Waals surface area contributed by atoms with Gasteiger partial charge in [-0.15, -0.1) is 0 Å². The van der Waals surface area contributed by atoms with Crippen LogP contribution in [0.4, 0.5) is 0 Å². The number of carbonyl (C=O) groups is 2. The Kier molecular flexibility index (Phi) is 5.74. The van der Waals surface area contributed by atoms with E-state index in [2.05, 4.69) is 5.32 Å². The third kappa shape index (κ3) is 4.85. The Bertz CT molecular complexity index is 683. The molecule has 0 spiro atoms. The van der Waals surface area contributed by atoms with Gasteiger partial charge in [0.15, 0.2) is 6.61 Å². The Hall–Kier alpha value is -2.82. The van der Waals surface area contributed by atoms with Crippen LogP contribution in [0, 0.1) is 6.92 Å². The van der Waals surface area contributed by atoms with E-state index in [4.69, 9.17) is 9.47 Å². The van der Waals surface area contributed by atoms with E-state index < -0.39 is 5.97 Å². The Labute approximate surface area is 135 Å². The second-order valence-electron chi connectivity index (χ2n) is 5.02. The molecule has 0 aromatic heterocycles. The summed E-state index contributed by atoms with van der Waals surface area (Å²) in [7, 11) is 1.54. The van der Waals surface area contributed by atoms with E-state index in [-0.39, 0.29) is 12.5 Å². The minimum atomic E-state index is -0.557. The highest BCUT2D eigenvalue weighted by molar-refractivity contribution is 5.91. The molecule has 0 heterocycles. The van der Waals surface area contributed by atoms with Crippen LogP contribution in [-0.4, -0.2) is 25.6 Å². The van der Waals surface area contributed by atoms with Crippen molar-refractivity contribution in [3.05, 3.63) is 65.2 Å². The summed E-state index contributed by atoms with van der Waals surface area (Å²) >= 11 is 0. The van der Waals surface area contributed by atoms with Gasteiger partial charge in [-0.25, -0.2) is 4.79 Å². The van der Waals surface area contributed by atoms with Crippen LogP contribution in [0.15, 0.2) is 48.5 Å². The Balaban J connectivity index is 1.83. The molecule has 1 amide bonds. The van der Waals surface area contributed by atoms with Crippen LogP contribution in [0.3, 0.4) is 0 Å². The number of esters is 1. The average molecular weight is 313 g/mol. The minimum absolute atomic E-state index is 0.318. The quantitative estimate of drug-likeness (QED) is 0.832. The van der Waals surface area contributed by atoms with Crippen molar-refractivity contribution in [1.29, 1.82) is 0 Å². The van der Waals surface area contributed by atoms with Crippen molar-refractivity contribution in [2.75, 3.05) is 13.7 Å². The number of ether oxygens (including phenoxy) is 2. The monoisotopic (exact) mass is 313 g/mol. The second kappa shape index (κ2) is 7.98. The van der Waals surface area contributed by atoms with Gasteiger partial charge in [0.25, 0.3) is 5.91 Å². The lowest BCUT2D eigenvalue weighted by Gasteiger charge is -2.09. The van der Waals surface area contributed by atoms with Gasteiger partial charge in [0.2, 0.25) is 0 Å². The van der Waals surface area contributed by atoms with Crippen molar-refractivity contribution in [1.82, 2.24) is 5.32 Å². The number of methoxy groups -OCH3 is 1. The van der Waals surface area contributed by atoms with Gasteiger partial charge < -0.3 is 14.8 Å². The zero-order valence-electron chi connectivity index (χ0n) is 13.2. The molecule has 0 radical (unpaired) electrons. The molecule has 5 heteroatoms. The summed E-state index contributed by atoms with van der Waals surface area (Å²) in [6.45, 7) is 1.96. The van der Waals surface area contributed by atoms with Gasteiger partial charge in [-0.3, -0.25) is 4.79 Å². The van der Waals surface area contributed by atoms with E-state index in [9.17, 15) is 9.59 Å². The Morgan fingerprint density at radius 2 is 1.83 bits per heavy atom. The number of hydrogen-bond acceptors (Lipinski definition) is 4. The molecule has 5 nitrogen and oxygen atoms in total. The lowest BCUT2D eigenvalue weighted by molar-refractivity contribution is -0.124. The number of hydrogen-bond donors (Lipinski definition) is 1. The third-order valence-corrected chi connectivity index (χ3v) is 3.31. The van der Waals surface area contributed by atoms with Crippen LogP contribution in [-0.2, 0) is 16.1 Å².